The highest BCUT2D eigenvalue weighted by Crippen LogP contribution is 2.26. The minimum Gasteiger partial charge on any atom is -0.371 e. The van der Waals surface area contributed by atoms with E-state index in [1.54, 1.807) is 0 Å². The van der Waals surface area contributed by atoms with Gasteiger partial charge in [0.2, 0.25) is 0 Å². The van der Waals surface area contributed by atoms with E-state index in [2.05, 4.69) is 34.5 Å². The summed E-state index contributed by atoms with van der Waals surface area (Å²) in [5.41, 5.74) is 3.02. The maximum Gasteiger partial charge on any atom is 0.0399 e. The zero-order valence-corrected chi connectivity index (χ0v) is 10.5. The number of hydrogen-bond acceptors (Lipinski definition) is 2. The van der Waals surface area contributed by atoms with Crippen LogP contribution in [0, 0.1) is 0 Å². The maximum absolute atomic E-state index is 3.60. The molecule has 2 heteroatoms. The molecule has 0 aromatic heterocycles. The minimum absolute atomic E-state index is 0.707. The third-order valence-electron chi connectivity index (χ3n) is 4.07. The van der Waals surface area contributed by atoms with Crippen LogP contribution in [0.1, 0.15) is 31.2 Å². The predicted octanol–water partition coefficient (Wildman–Crippen LogP) is 2.58. The van der Waals surface area contributed by atoms with Gasteiger partial charge in [-0.15, -0.1) is 0 Å². The lowest BCUT2D eigenvalue weighted by Crippen LogP contribution is -2.26. The number of benzene rings is 1. The van der Waals surface area contributed by atoms with E-state index in [9.17, 15) is 0 Å². The van der Waals surface area contributed by atoms with E-state index in [4.69, 9.17) is 0 Å². The summed E-state index contributed by atoms with van der Waals surface area (Å²) in [4.78, 5) is 2.56. The Hall–Kier alpha value is -1.02. The summed E-state index contributed by atoms with van der Waals surface area (Å²) in [6.07, 6.45) is 6.60. The molecule has 0 bridgehead atoms. The van der Waals surface area contributed by atoms with Crippen LogP contribution in [0.2, 0.25) is 0 Å². The molecule has 0 radical (unpaired) electrons. The normalized spacial score (nSPS) is 24.5. The quantitative estimate of drug-likeness (QED) is 0.858. The standard InChI is InChI=1S/C15H22N2/c1-2-8-15(17-10-3-4-11-17)13(6-1)12-14-7-5-9-16-14/h1-2,6,8,14,16H,3-5,7,9-12H2. The SMILES string of the molecule is c1ccc(N2CCCC2)c(CC2CCCN2)c1. The first-order valence-corrected chi connectivity index (χ1v) is 7.00. The molecule has 1 aromatic carbocycles. The van der Waals surface area contributed by atoms with Gasteiger partial charge in [-0.25, -0.2) is 0 Å². The second kappa shape index (κ2) is 5.09. The predicted molar refractivity (Wildman–Crippen MR) is 72.6 cm³/mol. The molecule has 1 atom stereocenters. The van der Waals surface area contributed by atoms with Crippen molar-refractivity contribution in [1.82, 2.24) is 5.32 Å². The van der Waals surface area contributed by atoms with Crippen molar-refractivity contribution in [2.75, 3.05) is 24.5 Å². The molecule has 92 valence electrons. The molecule has 3 rings (SSSR count). The average molecular weight is 230 g/mol. The smallest absolute Gasteiger partial charge is 0.0399 e. The van der Waals surface area contributed by atoms with Crippen molar-refractivity contribution in [3.05, 3.63) is 29.8 Å². The minimum atomic E-state index is 0.707. The van der Waals surface area contributed by atoms with Crippen molar-refractivity contribution < 1.29 is 0 Å². The Balaban J connectivity index is 1.77. The molecule has 17 heavy (non-hydrogen) atoms. The lowest BCUT2D eigenvalue weighted by molar-refractivity contribution is 0.602. The molecule has 2 aliphatic rings. The van der Waals surface area contributed by atoms with Crippen LogP contribution in [0.25, 0.3) is 0 Å². The summed E-state index contributed by atoms with van der Waals surface area (Å²) in [5.74, 6) is 0. The molecule has 0 aliphatic carbocycles. The van der Waals surface area contributed by atoms with Crippen LogP contribution in [0.5, 0.6) is 0 Å². The topological polar surface area (TPSA) is 15.3 Å². The summed E-state index contributed by atoms with van der Waals surface area (Å²) in [7, 11) is 0. The van der Waals surface area contributed by atoms with E-state index in [1.165, 1.54) is 63.0 Å². The Kier molecular flexibility index (Phi) is 3.32. The molecule has 1 unspecified atom stereocenters. The van der Waals surface area contributed by atoms with Gasteiger partial charge in [0.1, 0.15) is 0 Å². The second-order valence-electron chi connectivity index (χ2n) is 5.32. The summed E-state index contributed by atoms with van der Waals surface area (Å²) in [6.45, 7) is 3.70. The van der Waals surface area contributed by atoms with Crippen LogP contribution < -0.4 is 10.2 Å². The highest BCUT2D eigenvalue weighted by Gasteiger charge is 2.19. The fourth-order valence-electron chi connectivity index (χ4n) is 3.15. The van der Waals surface area contributed by atoms with E-state index >= 15 is 0 Å². The largest absolute Gasteiger partial charge is 0.371 e. The number of nitrogens with zero attached hydrogens (tertiary/aromatic N) is 1. The monoisotopic (exact) mass is 230 g/mol. The van der Waals surface area contributed by atoms with E-state index in [-0.39, 0.29) is 0 Å². The van der Waals surface area contributed by atoms with Gasteiger partial charge < -0.3 is 10.2 Å². The highest BCUT2D eigenvalue weighted by molar-refractivity contribution is 5.54. The molecule has 1 N–H and O–H groups in total. The van der Waals surface area contributed by atoms with E-state index < -0.39 is 0 Å². The number of rotatable bonds is 3. The summed E-state index contributed by atoms with van der Waals surface area (Å²) >= 11 is 0. The van der Waals surface area contributed by atoms with Crippen molar-refractivity contribution in [1.29, 1.82) is 0 Å². The Bertz CT molecular complexity index is 363. The molecule has 0 saturated carbocycles. The van der Waals surface area contributed by atoms with Gasteiger partial charge in [0.25, 0.3) is 0 Å². The summed E-state index contributed by atoms with van der Waals surface area (Å²) in [5, 5.41) is 3.60. The molecule has 2 saturated heterocycles. The molecule has 0 amide bonds. The lowest BCUT2D eigenvalue weighted by Gasteiger charge is -2.22. The third kappa shape index (κ3) is 2.47. The Labute approximate surface area is 104 Å². The first kappa shape index (κ1) is 11.1. The van der Waals surface area contributed by atoms with Gasteiger partial charge in [-0.05, 0) is 50.3 Å². The lowest BCUT2D eigenvalue weighted by atomic mass is 10.0. The van der Waals surface area contributed by atoms with Gasteiger partial charge >= 0.3 is 0 Å². The first-order chi connectivity index (χ1) is 8.43. The van der Waals surface area contributed by atoms with Crippen LogP contribution >= 0.6 is 0 Å². The Morgan fingerprint density at radius 2 is 1.94 bits per heavy atom. The van der Waals surface area contributed by atoms with Crippen molar-refractivity contribution in [3.8, 4) is 0 Å². The van der Waals surface area contributed by atoms with Gasteiger partial charge in [0.15, 0.2) is 0 Å². The average Bonchev–Trinajstić information content (AvgIpc) is 3.01. The summed E-state index contributed by atoms with van der Waals surface area (Å²) in [6, 6.07) is 9.69. The number of hydrogen-bond donors (Lipinski definition) is 1. The van der Waals surface area contributed by atoms with Gasteiger partial charge in [-0.3, -0.25) is 0 Å². The van der Waals surface area contributed by atoms with Crippen LogP contribution in [0.4, 0.5) is 5.69 Å². The number of nitrogens with one attached hydrogen (secondary N) is 1. The van der Waals surface area contributed by atoms with Crippen molar-refractivity contribution in [2.24, 2.45) is 0 Å². The van der Waals surface area contributed by atoms with E-state index in [1.807, 2.05) is 0 Å². The second-order valence-corrected chi connectivity index (χ2v) is 5.32. The zero-order valence-electron chi connectivity index (χ0n) is 10.5. The van der Waals surface area contributed by atoms with Crippen LogP contribution in [0.3, 0.4) is 0 Å². The van der Waals surface area contributed by atoms with Crippen molar-refractivity contribution in [3.63, 3.8) is 0 Å². The molecule has 0 spiro atoms. The Morgan fingerprint density at radius 1 is 1.12 bits per heavy atom. The van der Waals surface area contributed by atoms with Crippen LogP contribution in [0.15, 0.2) is 24.3 Å². The molecular formula is C15H22N2. The van der Waals surface area contributed by atoms with E-state index in [0.29, 0.717) is 6.04 Å². The number of para-hydroxylation sites is 1. The molecule has 2 aliphatic heterocycles. The van der Waals surface area contributed by atoms with Gasteiger partial charge in [-0.1, -0.05) is 18.2 Å². The molecule has 2 nitrogen and oxygen atoms in total. The molecule has 2 fully saturated rings. The zero-order chi connectivity index (χ0) is 11.5. The van der Waals surface area contributed by atoms with Gasteiger partial charge in [0.05, 0.1) is 0 Å². The molecular weight excluding hydrogens is 208 g/mol. The first-order valence-electron chi connectivity index (χ1n) is 7.00. The van der Waals surface area contributed by atoms with Crippen LogP contribution in [-0.2, 0) is 6.42 Å². The van der Waals surface area contributed by atoms with Crippen molar-refractivity contribution >= 4 is 5.69 Å². The van der Waals surface area contributed by atoms with Gasteiger partial charge in [0, 0.05) is 24.8 Å². The number of anilines is 1. The molecule has 1 aromatic rings. The van der Waals surface area contributed by atoms with Crippen LogP contribution in [-0.4, -0.2) is 25.7 Å². The van der Waals surface area contributed by atoms with E-state index in [0.717, 1.165) is 0 Å². The van der Waals surface area contributed by atoms with Crippen molar-refractivity contribution in [2.45, 2.75) is 38.1 Å². The third-order valence-corrected chi connectivity index (χ3v) is 4.07. The fourth-order valence-corrected chi connectivity index (χ4v) is 3.15. The summed E-state index contributed by atoms with van der Waals surface area (Å²) < 4.78 is 0. The van der Waals surface area contributed by atoms with Gasteiger partial charge in [-0.2, -0.15) is 0 Å². The Morgan fingerprint density at radius 3 is 2.71 bits per heavy atom. The fraction of sp³-hybridized carbons (Fsp3) is 0.600. The maximum atomic E-state index is 3.60. The highest BCUT2D eigenvalue weighted by atomic mass is 15.1. The molecule has 2 heterocycles.